The van der Waals surface area contributed by atoms with Crippen molar-refractivity contribution < 1.29 is 9.16 Å². The fraction of sp³-hybridized carbons (Fsp3) is 0.367. The maximum absolute atomic E-state index is 7.07. The third-order valence-corrected chi connectivity index (χ3v) is 11.8. The predicted octanol–water partition coefficient (Wildman–Crippen LogP) is 6.55. The molecular formula is C30H38N4O2Si. The molecule has 0 aliphatic heterocycles. The predicted molar refractivity (Wildman–Crippen MR) is 150 cm³/mol. The van der Waals surface area contributed by atoms with Gasteiger partial charge in [-0.2, -0.15) is 4.80 Å². The second-order valence-electron chi connectivity index (χ2n) is 11.0. The average molecular weight is 515 g/mol. The number of aromatic nitrogens is 4. The van der Waals surface area contributed by atoms with Crippen LogP contribution in [-0.4, -0.2) is 41.7 Å². The Morgan fingerprint density at radius 1 is 0.757 bits per heavy atom. The van der Waals surface area contributed by atoms with Gasteiger partial charge in [0.1, 0.15) is 11.6 Å². The lowest BCUT2D eigenvalue weighted by Crippen LogP contribution is -2.43. The molecule has 1 atom stereocenters. The number of tetrazole rings is 1. The van der Waals surface area contributed by atoms with Crippen molar-refractivity contribution >= 4 is 8.32 Å². The second kappa shape index (κ2) is 11.1. The molecule has 0 N–H and O–H groups in total. The first-order chi connectivity index (χ1) is 17.6. The van der Waals surface area contributed by atoms with Crippen molar-refractivity contribution in [2.24, 2.45) is 0 Å². The van der Waals surface area contributed by atoms with E-state index in [1.165, 1.54) is 0 Å². The third-order valence-electron chi connectivity index (χ3n) is 7.33. The van der Waals surface area contributed by atoms with E-state index in [9.17, 15) is 0 Å². The summed E-state index contributed by atoms with van der Waals surface area (Å²) in [6.07, 6.45) is 0. The Hall–Kier alpha value is -3.13. The van der Waals surface area contributed by atoms with Crippen molar-refractivity contribution in [3.05, 3.63) is 114 Å². The van der Waals surface area contributed by atoms with Crippen LogP contribution in [0.1, 0.15) is 49.3 Å². The van der Waals surface area contributed by atoms with Crippen molar-refractivity contribution in [3.8, 4) is 0 Å². The van der Waals surface area contributed by atoms with Gasteiger partial charge in [-0.1, -0.05) is 112 Å². The maximum atomic E-state index is 7.07. The Labute approximate surface area is 221 Å². The quantitative estimate of drug-likeness (QED) is 0.177. The molecule has 4 aromatic rings. The van der Waals surface area contributed by atoms with E-state index in [1.807, 2.05) is 25.1 Å². The molecule has 0 amide bonds. The van der Waals surface area contributed by atoms with E-state index in [0.29, 0.717) is 19.0 Å². The molecule has 0 spiro atoms. The fourth-order valence-electron chi connectivity index (χ4n) is 4.15. The lowest BCUT2D eigenvalue weighted by Gasteiger charge is -2.39. The average Bonchev–Trinajstić information content (AvgIpc) is 3.33. The molecule has 0 saturated carbocycles. The van der Waals surface area contributed by atoms with E-state index in [1.54, 1.807) is 4.80 Å². The van der Waals surface area contributed by atoms with E-state index in [4.69, 9.17) is 9.16 Å². The molecule has 4 rings (SSSR count). The van der Waals surface area contributed by atoms with Crippen molar-refractivity contribution in [2.45, 2.75) is 57.5 Å². The normalized spacial score (nSPS) is 13.5. The first kappa shape index (κ1) is 26.9. The largest absolute Gasteiger partial charge is 0.414 e. The second-order valence-corrected chi connectivity index (χ2v) is 15.8. The lowest BCUT2D eigenvalue weighted by molar-refractivity contribution is -0.0193. The Morgan fingerprint density at radius 3 is 1.59 bits per heavy atom. The molecule has 0 fully saturated rings. The zero-order valence-corrected chi connectivity index (χ0v) is 23.8. The van der Waals surface area contributed by atoms with Gasteiger partial charge in [0, 0.05) is 0 Å². The molecule has 3 aromatic carbocycles. The summed E-state index contributed by atoms with van der Waals surface area (Å²) in [5, 5.41) is 13.1. The molecule has 0 aliphatic rings. The number of benzene rings is 3. The Bertz CT molecular complexity index is 1160. The van der Waals surface area contributed by atoms with Gasteiger partial charge >= 0.3 is 0 Å². The van der Waals surface area contributed by atoms with Crippen LogP contribution in [0, 0.1) is 6.92 Å². The number of hydrogen-bond acceptors (Lipinski definition) is 5. The molecule has 6 nitrogen and oxygen atoms in total. The number of hydrogen-bond donors (Lipinski definition) is 0. The van der Waals surface area contributed by atoms with Crippen LogP contribution in [-0.2, 0) is 14.8 Å². The third kappa shape index (κ3) is 5.90. The minimum atomic E-state index is -2.01. The van der Waals surface area contributed by atoms with E-state index in [-0.39, 0.29) is 11.1 Å². The van der Waals surface area contributed by atoms with E-state index >= 15 is 0 Å². The molecule has 194 valence electrons. The zero-order chi connectivity index (χ0) is 26.5. The van der Waals surface area contributed by atoms with Gasteiger partial charge in [-0.3, -0.25) is 0 Å². The molecular weight excluding hydrogens is 476 g/mol. The standard InChI is InChI=1S/C30H38N4O2Si/c1-24-31-33-34(32-24)28(23-36-37(5,6)29(2,3)4)22-35-30(25-16-10-7-11-17-25,26-18-12-8-13-19-26)27-20-14-9-15-21-27/h7-21,28H,22-23H2,1-6H3. The van der Waals surface area contributed by atoms with E-state index < -0.39 is 13.9 Å². The lowest BCUT2D eigenvalue weighted by atomic mass is 9.80. The number of aryl methyl sites for hydroxylation is 1. The van der Waals surface area contributed by atoms with Crippen LogP contribution in [0.3, 0.4) is 0 Å². The molecule has 0 radical (unpaired) electrons. The number of ether oxygens (including phenoxy) is 1. The summed E-state index contributed by atoms with van der Waals surface area (Å²) in [5.74, 6) is 0.623. The zero-order valence-electron chi connectivity index (χ0n) is 22.8. The molecule has 1 heterocycles. The van der Waals surface area contributed by atoms with E-state index in [0.717, 1.165) is 16.7 Å². The van der Waals surface area contributed by atoms with Crippen LogP contribution in [0.4, 0.5) is 0 Å². The summed E-state index contributed by atoms with van der Waals surface area (Å²) in [4.78, 5) is 1.65. The molecule has 0 saturated heterocycles. The van der Waals surface area contributed by atoms with E-state index in [2.05, 4.69) is 122 Å². The van der Waals surface area contributed by atoms with Crippen molar-refractivity contribution in [3.63, 3.8) is 0 Å². The first-order valence-corrected chi connectivity index (χ1v) is 15.7. The van der Waals surface area contributed by atoms with Gasteiger partial charge in [0.25, 0.3) is 0 Å². The minimum absolute atomic E-state index is 0.0893. The van der Waals surface area contributed by atoms with Gasteiger partial charge in [0.05, 0.1) is 13.2 Å². The highest BCUT2D eigenvalue weighted by Gasteiger charge is 2.40. The number of rotatable bonds is 10. The van der Waals surface area contributed by atoms with Crippen LogP contribution in [0.25, 0.3) is 0 Å². The van der Waals surface area contributed by atoms with Crippen LogP contribution in [0.5, 0.6) is 0 Å². The molecule has 37 heavy (non-hydrogen) atoms. The van der Waals surface area contributed by atoms with Gasteiger partial charge in [0.15, 0.2) is 14.1 Å². The Morgan fingerprint density at radius 2 is 1.22 bits per heavy atom. The smallest absolute Gasteiger partial charge is 0.192 e. The Kier molecular flexibility index (Phi) is 8.07. The monoisotopic (exact) mass is 514 g/mol. The summed E-state index contributed by atoms with van der Waals surface area (Å²) in [6, 6.07) is 30.9. The van der Waals surface area contributed by atoms with Crippen molar-refractivity contribution in [1.29, 1.82) is 0 Å². The molecule has 1 aromatic heterocycles. The molecule has 7 heteroatoms. The van der Waals surface area contributed by atoms with Gasteiger partial charge in [-0.05, 0) is 47.0 Å². The van der Waals surface area contributed by atoms with Crippen LogP contribution >= 0.6 is 0 Å². The first-order valence-electron chi connectivity index (χ1n) is 12.8. The van der Waals surface area contributed by atoms with Gasteiger partial charge < -0.3 is 9.16 Å². The highest BCUT2D eigenvalue weighted by atomic mass is 28.4. The Balaban J connectivity index is 1.76. The van der Waals surface area contributed by atoms with Gasteiger partial charge in [-0.25, -0.2) is 0 Å². The number of nitrogens with zero attached hydrogens (tertiary/aromatic N) is 4. The fourth-order valence-corrected chi connectivity index (χ4v) is 5.19. The highest BCUT2D eigenvalue weighted by Crippen LogP contribution is 2.41. The molecule has 0 aliphatic carbocycles. The van der Waals surface area contributed by atoms with Crippen LogP contribution in [0.15, 0.2) is 91.0 Å². The van der Waals surface area contributed by atoms with Gasteiger partial charge in [-0.15, -0.1) is 10.2 Å². The topological polar surface area (TPSA) is 62.1 Å². The summed E-state index contributed by atoms with van der Waals surface area (Å²) < 4.78 is 13.7. The summed E-state index contributed by atoms with van der Waals surface area (Å²) in [7, 11) is -2.01. The van der Waals surface area contributed by atoms with Crippen LogP contribution < -0.4 is 0 Å². The minimum Gasteiger partial charge on any atom is -0.414 e. The summed E-state index contributed by atoms with van der Waals surface area (Å²) >= 11 is 0. The van der Waals surface area contributed by atoms with Crippen molar-refractivity contribution in [1.82, 2.24) is 20.2 Å². The van der Waals surface area contributed by atoms with Crippen LogP contribution in [0.2, 0.25) is 18.1 Å². The SMILES string of the molecule is Cc1nnn(C(COC(c2ccccc2)(c2ccccc2)c2ccccc2)CO[Si](C)(C)C(C)(C)C)n1. The molecule has 0 bridgehead atoms. The van der Waals surface area contributed by atoms with Crippen molar-refractivity contribution in [2.75, 3.05) is 13.2 Å². The highest BCUT2D eigenvalue weighted by molar-refractivity contribution is 6.74. The summed E-state index contributed by atoms with van der Waals surface area (Å²) in [5.41, 5.74) is 2.34. The maximum Gasteiger partial charge on any atom is 0.192 e. The van der Waals surface area contributed by atoms with Gasteiger partial charge in [0.2, 0.25) is 0 Å². The summed E-state index contributed by atoms with van der Waals surface area (Å²) in [6.45, 7) is 13.9. The molecule has 1 unspecified atom stereocenters.